The zero-order valence-corrected chi connectivity index (χ0v) is 22.8. The number of aromatic nitrogens is 2. The van der Waals surface area contributed by atoms with E-state index in [0.29, 0.717) is 29.2 Å². The second kappa shape index (κ2) is 10.3. The monoisotopic (exact) mass is 540 g/mol. The number of aromatic amines is 1. The van der Waals surface area contributed by atoms with Gasteiger partial charge in [-0.2, -0.15) is 5.10 Å². The Hall–Kier alpha value is -3.11. The van der Waals surface area contributed by atoms with Crippen LogP contribution in [0.15, 0.2) is 47.4 Å². The number of H-pyrrole nitrogens is 1. The van der Waals surface area contributed by atoms with Gasteiger partial charge in [0.1, 0.15) is 0 Å². The molecule has 3 aromatic rings. The lowest BCUT2D eigenvalue weighted by molar-refractivity contribution is 0.111. The molecule has 1 fully saturated rings. The third-order valence-electron chi connectivity index (χ3n) is 6.49. The number of thiophene rings is 1. The van der Waals surface area contributed by atoms with Crippen LogP contribution in [0.4, 0.5) is 16.3 Å². The van der Waals surface area contributed by atoms with Gasteiger partial charge in [-0.15, -0.1) is 11.3 Å². The summed E-state index contributed by atoms with van der Waals surface area (Å²) in [5, 5.41) is 12.9. The van der Waals surface area contributed by atoms with Crippen LogP contribution in [0.3, 0.4) is 0 Å². The van der Waals surface area contributed by atoms with E-state index < -0.39 is 9.84 Å². The zero-order valence-electron chi connectivity index (χ0n) is 21.2. The number of hydrogen-bond acceptors (Lipinski definition) is 7. The summed E-state index contributed by atoms with van der Waals surface area (Å²) >= 11 is 1.61. The topological polar surface area (TPSA) is 113 Å². The van der Waals surface area contributed by atoms with E-state index >= 15 is 0 Å². The van der Waals surface area contributed by atoms with Crippen LogP contribution in [0, 0.1) is 6.92 Å². The third kappa shape index (κ3) is 5.91. The first-order chi connectivity index (χ1) is 17.7. The van der Waals surface area contributed by atoms with E-state index in [-0.39, 0.29) is 23.5 Å². The molecule has 5 rings (SSSR count). The largest absolute Gasteiger partial charge is 0.447 e. The normalized spacial score (nSPS) is 17.9. The first kappa shape index (κ1) is 25.5. The van der Waals surface area contributed by atoms with Gasteiger partial charge in [-0.3, -0.25) is 5.10 Å². The van der Waals surface area contributed by atoms with E-state index in [9.17, 15) is 13.2 Å². The van der Waals surface area contributed by atoms with Gasteiger partial charge in [0, 0.05) is 38.8 Å². The van der Waals surface area contributed by atoms with Gasteiger partial charge < -0.3 is 15.4 Å². The number of anilines is 2. The van der Waals surface area contributed by atoms with Crippen LogP contribution in [0.1, 0.15) is 56.5 Å². The zero-order chi connectivity index (χ0) is 26.2. The lowest BCUT2D eigenvalue weighted by atomic mass is 9.94. The Morgan fingerprint density at radius 2 is 1.92 bits per heavy atom. The van der Waals surface area contributed by atoms with Crippen LogP contribution in [0.5, 0.6) is 0 Å². The van der Waals surface area contributed by atoms with E-state index in [2.05, 4.69) is 33.0 Å². The number of benzene rings is 1. The van der Waals surface area contributed by atoms with Crippen LogP contribution in [-0.4, -0.2) is 42.1 Å². The van der Waals surface area contributed by atoms with Crippen LogP contribution in [-0.2, 0) is 14.6 Å². The number of carbonyl (C=O) groups excluding carboxylic acids is 1. The number of carbonyl (C=O) groups is 1. The summed E-state index contributed by atoms with van der Waals surface area (Å²) in [4.78, 5) is 14.3. The van der Waals surface area contributed by atoms with Crippen molar-refractivity contribution in [3.8, 4) is 10.4 Å². The molecule has 1 saturated carbocycles. The van der Waals surface area contributed by atoms with Crippen molar-refractivity contribution in [2.45, 2.75) is 75.2 Å². The van der Waals surface area contributed by atoms with Crippen molar-refractivity contribution in [3.05, 3.63) is 53.0 Å². The standard InChI is InChI=1S/C27H32N4O4S2/c1-16(2)35-27(32)29-19-6-4-18(5-7-19)23-12-13-24(36-23)22-11-8-20(28-26-14-17(3)30-31-26)15-25(22)37(33,34)21-9-10-21/h4,8,11-16,19,21H,5-7,9-10H2,1-3H3,(H,29,32)(H2,28,30,31)/t19-/m1/s1. The summed E-state index contributed by atoms with van der Waals surface area (Å²) < 4.78 is 32.0. The van der Waals surface area contributed by atoms with Gasteiger partial charge in [0.05, 0.1) is 16.2 Å². The second-order valence-corrected chi connectivity index (χ2v) is 13.3. The average Bonchev–Trinajstić information content (AvgIpc) is 3.48. The first-order valence-electron chi connectivity index (χ1n) is 12.6. The summed E-state index contributed by atoms with van der Waals surface area (Å²) in [5.41, 5.74) is 3.58. The highest BCUT2D eigenvalue weighted by Crippen LogP contribution is 2.43. The van der Waals surface area contributed by atoms with Gasteiger partial charge in [-0.1, -0.05) is 12.1 Å². The van der Waals surface area contributed by atoms with Crippen molar-refractivity contribution in [1.29, 1.82) is 0 Å². The van der Waals surface area contributed by atoms with E-state index in [1.54, 1.807) is 17.4 Å². The molecule has 10 heteroatoms. The highest BCUT2D eigenvalue weighted by atomic mass is 32.2. The maximum absolute atomic E-state index is 13.4. The van der Waals surface area contributed by atoms with Gasteiger partial charge in [-0.05, 0) is 82.7 Å². The molecule has 1 amide bonds. The minimum atomic E-state index is -3.43. The Morgan fingerprint density at radius 1 is 1.14 bits per heavy atom. The first-order valence-corrected chi connectivity index (χ1v) is 15.0. The Morgan fingerprint density at radius 3 is 2.57 bits per heavy atom. The maximum atomic E-state index is 13.4. The average molecular weight is 541 g/mol. The molecular weight excluding hydrogens is 508 g/mol. The van der Waals surface area contributed by atoms with Crippen LogP contribution in [0.2, 0.25) is 0 Å². The molecule has 2 heterocycles. The number of rotatable bonds is 8. The molecule has 8 nitrogen and oxygen atoms in total. The molecule has 0 saturated heterocycles. The highest BCUT2D eigenvalue weighted by Gasteiger charge is 2.38. The summed E-state index contributed by atoms with van der Waals surface area (Å²) in [6.45, 7) is 5.58. The lowest BCUT2D eigenvalue weighted by Crippen LogP contribution is -2.37. The van der Waals surface area contributed by atoms with Crippen molar-refractivity contribution in [2.24, 2.45) is 0 Å². The number of nitrogens with zero attached hydrogens (tertiary/aromatic N) is 1. The SMILES string of the molecule is Cc1cc(Nc2ccc(-c3ccc(C4=CC[C@@H](NC(=O)OC(C)C)CC4)s3)c(S(=O)(=O)C3CC3)c2)n[nH]1. The molecule has 1 atom stereocenters. The molecule has 0 radical (unpaired) electrons. The minimum Gasteiger partial charge on any atom is -0.447 e. The Labute approximate surface area is 221 Å². The molecule has 0 bridgehead atoms. The summed E-state index contributed by atoms with van der Waals surface area (Å²) in [6, 6.07) is 11.5. The second-order valence-electron chi connectivity index (χ2n) is 9.98. The molecule has 3 N–H and O–H groups in total. The third-order valence-corrected chi connectivity index (χ3v) is 9.99. The summed E-state index contributed by atoms with van der Waals surface area (Å²) in [5.74, 6) is 0.646. The van der Waals surface area contributed by atoms with E-state index in [4.69, 9.17) is 4.74 Å². The molecule has 2 aliphatic rings. The van der Waals surface area contributed by atoms with Crippen molar-refractivity contribution < 1.29 is 17.9 Å². The fourth-order valence-corrected chi connectivity index (χ4v) is 7.56. The number of allylic oxidation sites excluding steroid dienone is 1. The predicted molar refractivity (Wildman–Crippen MR) is 147 cm³/mol. The smallest absolute Gasteiger partial charge is 0.407 e. The van der Waals surface area contributed by atoms with Gasteiger partial charge in [0.15, 0.2) is 15.7 Å². The number of amides is 1. The fraction of sp³-hybridized carbons (Fsp3) is 0.407. The van der Waals surface area contributed by atoms with Gasteiger partial charge in [-0.25, -0.2) is 13.2 Å². The number of aryl methyl sites for hydroxylation is 1. The minimum absolute atomic E-state index is 0.0584. The number of hydrogen-bond donors (Lipinski definition) is 3. The molecule has 196 valence electrons. The Balaban J connectivity index is 1.37. The molecule has 37 heavy (non-hydrogen) atoms. The molecule has 0 spiro atoms. The maximum Gasteiger partial charge on any atom is 0.407 e. The summed E-state index contributed by atoms with van der Waals surface area (Å²) in [7, 11) is -3.43. The molecule has 2 aromatic heterocycles. The highest BCUT2D eigenvalue weighted by molar-refractivity contribution is 7.92. The van der Waals surface area contributed by atoms with Crippen molar-refractivity contribution in [1.82, 2.24) is 15.5 Å². The lowest BCUT2D eigenvalue weighted by Gasteiger charge is -2.23. The molecular formula is C27H32N4O4S2. The van der Waals surface area contributed by atoms with Crippen molar-refractivity contribution in [3.63, 3.8) is 0 Å². The number of alkyl carbamates (subject to hydrolysis) is 1. The number of ether oxygens (including phenoxy) is 1. The summed E-state index contributed by atoms with van der Waals surface area (Å²) in [6.07, 6.45) is 5.48. The quantitative estimate of drug-likeness (QED) is 0.314. The van der Waals surface area contributed by atoms with Crippen LogP contribution < -0.4 is 10.6 Å². The van der Waals surface area contributed by atoms with E-state index in [1.165, 1.54) is 5.57 Å². The Kier molecular flexibility index (Phi) is 7.13. The molecule has 0 unspecified atom stereocenters. The van der Waals surface area contributed by atoms with Crippen LogP contribution in [0.25, 0.3) is 16.0 Å². The van der Waals surface area contributed by atoms with Crippen LogP contribution >= 0.6 is 11.3 Å². The van der Waals surface area contributed by atoms with Crippen molar-refractivity contribution in [2.75, 3.05) is 5.32 Å². The van der Waals surface area contributed by atoms with Crippen molar-refractivity contribution >= 4 is 44.3 Å². The number of sulfone groups is 1. The molecule has 0 aliphatic heterocycles. The van der Waals surface area contributed by atoms with E-state index in [0.717, 1.165) is 40.3 Å². The van der Waals surface area contributed by atoms with E-state index in [1.807, 2.05) is 45.0 Å². The van der Waals surface area contributed by atoms with Gasteiger partial charge >= 0.3 is 6.09 Å². The number of nitrogens with one attached hydrogen (secondary N) is 3. The molecule has 2 aliphatic carbocycles. The Bertz CT molecular complexity index is 1430. The van der Waals surface area contributed by atoms with Gasteiger partial charge in [0.2, 0.25) is 0 Å². The fourth-order valence-electron chi connectivity index (χ4n) is 4.49. The predicted octanol–water partition coefficient (Wildman–Crippen LogP) is 6.20. The van der Waals surface area contributed by atoms with Gasteiger partial charge in [0.25, 0.3) is 0 Å². The molecule has 1 aromatic carbocycles.